The number of pyridine rings is 1. The fourth-order valence-corrected chi connectivity index (χ4v) is 3.16. The molecule has 2 aromatic rings. The van der Waals surface area contributed by atoms with Gasteiger partial charge in [0, 0.05) is 29.8 Å². The summed E-state index contributed by atoms with van der Waals surface area (Å²) >= 11 is 0. The lowest BCUT2D eigenvalue weighted by Gasteiger charge is -2.12. The first kappa shape index (κ1) is 20.6. The zero-order valence-corrected chi connectivity index (χ0v) is 16.5. The van der Waals surface area contributed by atoms with E-state index in [0.29, 0.717) is 23.5 Å². The second kappa shape index (κ2) is 9.31. The van der Waals surface area contributed by atoms with Crippen LogP contribution in [0.2, 0.25) is 0 Å². The molecule has 1 heterocycles. The molecule has 1 aromatic carbocycles. The topological polar surface area (TPSA) is 79.0 Å². The molecule has 0 saturated carbocycles. The van der Waals surface area contributed by atoms with Gasteiger partial charge in [-0.15, -0.1) is 0 Å². The smallest absolute Gasteiger partial charge is 0.253 e. The van der Waals surface area contributed by atoms with Crippen molar-refractivity contribution in [2.45, 2.75) is 59.4 Å². The first-order chi connectivity index (χ1) is 12.8. The van der Waals surface area contributed by atoms with E-state index in [1.54, 1.807) is 19.1 Å². The molecule has 1 atom stereocenters. The van der Waals surface area contributed by atoms with Crippen molar-refractivity contribution in [3.8, 4) is 0 Å². The summed E-state index contributed by atoms with van der Waals surface area (Å²) in [6.07, 6.45) is 2.44. The number of ketones is 1. The van der Waals surface area contributed by atoms with Crippen molar-refractivity contribution in [2.75, 3.05) is 0 Å². The van der Waals surface area contributed by atoms with E-state index >= 15 is 0 Å². The van der Waals surface area contributed by atoms with Gasteiger partial charge in [-0.25, -0.2) is 0 Å². The van der Waals surface area contributed by atoms with Crippen molar-refractivity contribution in [2.24, 2.45) is 0 Å². The summed E-state index contributed by atoms with van der Waals surface area (Å²) in [7, 11) is 0. The Balaban J connectivity index is 1.96. The van der Waals surface area contributed by atoms with E-state index in [9.17, 15) is 14.4 Å². The fourth-order valence-electron chi connectivity index (χ4n) is 3.16. The van der Waals surface area contributed by atoms with Gasteiger partial charge in [-0.1, -0.05) is 19.1 Å². The van der Waals surface area contributed by atoms with Gasteiger partial charge in [-0.2, -0.15) is 0 Å². The van der Waals surface area contributed by atoms with Crippen molar-refractivity contribution < 1.29 is 9.59 Å². The minimum atomic E-state index is -0.204. The maximum Gasteiger partial charge on any atom is 0.253 e. The van der Waals surface area contributed by atoms with Gasteiger partial charge in [0.2, 0.25) is 0 Å². The molecule has 5 nitrogen and oxygen atoms in total. The Labute approximate surface area is 160 Å². The summed E-state index contributed by atoms with van der Waals surface area (Å²) in [4.78, 5) is 38.2. The number of aryl methyl sites for hydroxylation is 2. The number of aromatic nitrogens is 1. The molecule has 0 radical (unpaired) electrons. The summed E-state index contributed by atoms with van der Waals surface area (Å²) in [6.45, 7) is 7.64. The highest BCUT2D eigenvalue weighted by atomic mass is 16.2. The molecule has 0 spiro atoms. The molecule has 2 N–H and O–H groups in total. The van der Waals surface area contributed by atoms with Gasteiger partial charge >= 0.3 is 0 Å². The average Bonchev–Trinajstić information content (AvgIpc) is 2.60. The van der Waals surface area contributed by atoms with Crippen molar-refractivity contribution in [3.05, 3.63) is 68.6 Å². The molecule has 1 aromatic heterocycles. The predicted molar refractivity (Wildman–Crippen MR) is 107 cm³/mol. The Morgan fingerprint density at radius 3 is 2.41 bits per heavy atom. The number of hydrogen-bond acceptors (Lipinski definition) is 3. The van der Waals surface area contributed by atoms with Gasteiger partial charge in [-0.05, 0) is 68.9 Å². The quantitative estimate of drug-likeness (QED) is 0.744. The Kier molecular flexibility index (Phi) is 7.11. The molecule has 0 aliphatic carbocycles. The molecule has 0 bridgehead atoms. The van der Waals surface area contributed by atoms with Crippen LogP contribution in [-0.4, -0.2) is 16.7 Å². The molecule has 144 valence electrons. The molecule has 0 saturated heterocycles. The number of Topliss-reactive ketones (excluding diaryl/α,β-unsaturated/α-hetero) is 1. The summed E-state index contributed by atoms with van der Waals surface area (Å²) in [6, 6.07) is 9.41. The number of carbonyl (C=O) groups is 2. The molecule has 1 amide bonds. The Hall–Kier alpha value is -2.69. The van der Waals surface area contributed by atoms with Gasteiger partial charge < -0.3 is 15.1 Å². The number of carbonyl (C=O) groups excluding carboxylic acids is 2. The maximum absolute atomic E-state index is 12.4. The Bertz CT molecular complexity index is 866. The number of aromatic amines is 1. The molecule has 0 aliphatic rings. The van der Waals surface area contributed by atoms with Crippen LogP contribution in [0.1, 0.15) is 71.8 Å². The van der Waals surface area contributed by atoms with E-state index < -0.39 is 0 Å². The SMILES string of the molecule is CC(=O)CCCC(C)c1ccc(C(=O)NCc2c(C)cc(C)[nH]c2=O)cc1. The van der Waals surface area contributed by atoms with Crippen LogP contribution in [0.3, 0.4) is 0 Å². The minimum Gasteiger partial charge on any atom is -0.348 e. The molecular weight excluding hydrogens is 340 g/mol. The summed E-state index contributed by atoms with van der Waals surface area (Å²) < 4.78 is 0. The largest absolute Gasteiger partial charge is 0.348 e. The van der Waals surface area contributed by atoms with Gasteiger partial charge in [0.15, 0.2) is 0 Å². The Morgan fingerprint density at radius 2 is 1.81 bits per heavy atom. The first-order valence-electron chi connectivity index (χ1n) is 9.35. The third-order valence-electron chi connectivity index (χ3n) is 4.83. The van der Waals surface area contributed by atoms with E-state index in [4.69, 9.17) is 0 Å². The third kappa shape index (κ3) is 5.91. The van der Waals surface area contributed by atoms with Crippen LogP contribution >= 0.6 is 0 Å². The molecular formula is C22H28N2O3. The van der Waals surface area contributed by atoms with Crippen molar-refractivity contribution >= 4 is 11.7 Å². The van der Waals surface area contributed by atoms with Gasteiger partial charge in [0.1, 0.15) is 5.78 Å². The van der Waals surface area contributed by atoms with Crippen molar-refractivity contribution in [1.82, 2.24) is 10.3 Å². The van der Waals surface area contributed by atoms with Gasteiger partial charge in [0.25, 0.3) is 11.5 Å². The zero-order chi connectivity index (χ0) is 20.0. The molecule has 5 heteroatoms. The second-order valence-corrected chi connectivity index (χ2v) is 7.24. The average molecular weight is 368 g/mol. The van der Waals surface area contributed by atoms with Gasteiger partial charge in [-0.3, -0.25) is 9.59 Å². The van der Waals surface area contributed by atoms with Crippen LogP contribution in [0.5, 0.6) is 0 Å². The number of H-pyrrole nitrogens is 1. The third-order valence-corrected chi connectivity index (χ3v) is 4.83. The number of nitrogens with one attached hydrogen (secondary N) is 2. The van der Waals surface area contributed by atoms with Crippen LogP contribution in [0.25, 0.3) is 0 Å². The summed E-state index contributed by atoms with van der Waals surface area (Å²) in [5.41, 5.74) is 3.80. The lowest BCUT2D eigenvalue weighted by atomic mass is 9.94. The lowest BCUT2D eigenvalue weighted by Crippen LogP contribution is -2.27. The maximum atomic E-state index is 12.4. The highest BCUT2D eigenvalue weighted by Crippen LogP contribution is 2.22. The van der Waals surface area contributed by atoms with E-state index in [-0.39, 0.29) is 23.8 Å². The lowest BCUT2D eigenvalue weighted by molar-refractivity contribution is -0.117. The van der Waals surface area contributed by atoms with Crippen LogP contribution in [0.15, 0.2) is 35.1 Å². The molecule has 2 rings (SSSR count). The summed E-state index contributed by atoms with van der Waals surface area (Å²) in [5, 5.41) is 2.82. The normalized spacial score (nSPS) is 11.9. The molecule has 0 fully saturated rings. The van der Waals surface area contributed by atoms with Crippen molar-refractivity contribution in [3.63, 3.8) is 0 Å². The van der Waals surface area contributed by atoms with Crippen LogP contribution in [0.4, 0.5) is 0 Å². The molecule has 0 aliphatic heterocycles. The number of rotatable bonds is 8. The summed E-state index contributed by atoms with van der Waals surface area (Å²) in [5.74, 6) is 0.359. The molecule has 27 heavy (non-hydrogen) atoms. The number of hydrogen-bond donors (Lipinski definition) is 2. The van der Waals surface area contributed by atoms with Gasteiger partial charge in [0.05, 0.1) is 0 Å². The first-order valence-corrected chi connectivity index (χ1v) is 9.35. The standard InChI is InChI=1S/C22H28N2O3/c1-14(6-5-7-17(4)25)18-8-10-19(11-9-18)21(26)23-13-20-15(2)12-16(3)24-22(20)27/h8-12,14H,5-7,13H2,1-4H3,(H,23,26)(H,24,27). The molecule has 1 unspecified atom stereocenters. The van der Waals surface area contributed by atoms with E-state index in [1.807, 2.05) is 32.0 Å². The number of benzene rings is 1. The van der Waals surface area contributed by atoms with Crippen molar-refractivity contribution in [1.29, 1.82) is 0 Å². The number of amides is 1. The van der Waals surface area contributed by atoms with E-state index in [1.165, 1.54) is 0 Å². The highest BCUT2D eigenvalue weighted by Gasteiger charge is 2.11. The highest BCUT2D eigenvalue weighted by molar-refractivity contribution is 5.94. The van der Waals surface area contributed by atoms with Crippen LogP contribution in [-0.2, 0) is 11.3 Å². The zero-order valence-electron chi connectivity index (χ0n) is 16.5. The predicted octanol–water partition coefficient (Wildman–Crippen LogP) is 3.78. The van der Waals surface area contributed by atoms with Crippen LogP contribution in [0, 0.1) is 13.8 Å². The fraction of sp³-hybridized carbons (Fsp3) is 0.409. The van der Waals surface area contributed by atoms with Crippen LogP contribution < -0.4 is 10.9 Å². The Morgan fingerprint density at radius 1 is 1.15 bits per heavy atom. The second-order valence-electron chi connectivity index (χ2n) is 7.24. The van der Waals surface area contributed by atoms with E-state index in [2.05, 4.69) is 17.2 Å². The van der Waals surface area contributed by atoms with E-state index in [0.717, 1.165) is 29.7 Å². The monoisotopic (exact) mass is 368 g/mol. The minimum absolute atomic E-state index is 0.164.